The van der Waals surface area contributed by atoms with Gasteiger partial charge in [-0.3, -0.25) is 4.79 Å². The molecule has 2 rings (SSSR count). The first kappa shape index (κ1) is 14.2. The summed E-state index contributed by atoms with van der Waals surface area (Å²) in [5.41, 5.74) is 0.347. The minimum absolute atomic E-state index is 0.0319. The van der Waals surface area contributed by atoms with Crippen LogP contribution in [-0.2, 0) is 9.84 Å². The van der Waals surface area contributed by atoms with Gasteiger partial charge in [0.1, 0.15) is 0 Å². The number of amides is 1. The van der Waals surface area contributed by atoms with Crippen LogP contribution in [0.25, 0.3) is 0 Å². The van der Waals surface area contributed by atoms with Gasteiger partial charge in [-0.2, -0.15) is 0 Å². The van der Waals surface area contributed by atoms with Crippen molar-refractivity contribution in [2.45, 2.75) is 12.5 Å². The largest absolute Gasteiger partial charge is 0.457 e. The van der Waals surface area contributed by atoms with Crippen molar-refractivity contribution in [1.82, 2.24) is 4.90 Å². The van der Waals surface area contributed by atoms with Crippen molar-refractivity contribution in [3.8, 4) is 12.3 Å². The molecule has 5 nitrogen and oxygen atoms in total. The molecule has 102 valence electrons. The number of furan rings is 1. The molecule has 1 aliphatic heterocycles. The fraction of sp³-hybridized carbons (Fsp3) is 0.417. The van der Waals surface area contributed by atoms with Crippen molar-refractivity contribution < 1.29 is 17.6 Å². The minimum atomic E-state index is -3.07. The number of hydrogen-bond acceptors (Lipinski definition) is 4. The zero-order chi connectivity index (χ0) is 14.0. The van der Waals surface area contributed by atoms with Crippen LogP contribution in [0.15, 0.2) is 21.4 Å². The molecule has 0 aromatic carbocycles. The molecule has 0 saturated carbocycles. The van der Waals surface area contributed by atoms with Gasteiger partial charge in [-0.15, -0.1) is 6.42 Å². The zero-order valence-electron chi connectivity index (χ0n) is 10.0. The average molecular weight is 346 g/mol. The van der Waals surface area contributed by atoms with Crippen molar-refractivity contribution >= 4 is 31.7 Å². The third-order valence-electron chi connectivity index (χ3n) is 3.02. The Morgan fingerprint density at radius 2 is 2.37 bits per heavy atom. The Hall–Kier alpha value is -1.26. The number of carbonyl (C=O) groups excluding carboxylic acids is 1. The summed E-state index contributed by atoms with van der Waals surface area (Å²) in [6.07, 6.45) is 7.07. The molecule has 0 bridgehead atoms. The zero-order valence-corrected chi connectivity index (χ0v) is 12.4. The van der Waals surface area contributed by atoms with Crippen LogP contribution in [0.4, 0.5) is 0 Å². The van der Waals surface area contributed by atoms with Gasteiger partial charge < -0.3 is 9.32 Å². The number of halogens is 1. The summed E-state index contributed by atoms with van der Waals surface area (Å²) in [7, 11) is -3.07. The van der Waals surface area contributed by atoms with Gasteiger partial charge in [-0.25, -0.2) is 8.42 Å². The van der Waals surface area contributed by atoms with Crippen LogP contribution in [-0.4, -0.2) is 43.3 Å². The van der Waals surface area contributed by atoms with E-state index in [-0.39, 0.29) is 30.0 Å². The standard InChI is InChI=1S/C12H12BrNO4S/c1-2-5-14(9-4-7-19(16,17)8-9)12(15)10-3-6-18-11(10)13/h1,3,6,9H,4-5,7-8H2/t9-/m1/s1. The molecule has 1 amide bonds. The molecule has 0 radical (unpaired) electrons. The fourth-order valence-electron chi connectivity index (χ4n) is 2.09. The molecule has 1 aliphatic rings. The van der Waals surface area contributed by atoms with E-state index in [1.54, 1.807) is 0 Å². The topological polar surface area (TPSA) is 67.6 Å². The molecular weight excluding hydrogens is 334 g/mol. The third kappa shape index (κ3) is 3.01. The number of terminal acetylenes is 1. The summed E-state index contributed by atoms with van der Waals surface area (Å²) in [5.74, 6) is 2.14. The molecule has 0 N–H and O–H groups in total. The van der Waals surface area contributed by atoms with E-state index in [0.717, 1.165) is 0 Å². The van der Waals surface area contributed by atoms with Crippen LogP contribution in [0.5, 0.6) is 0 Å². The summed E-state index contributed by atoms with van der Waals surface area (Å²) >= 11 is 3.13. The Morgan fingerprint density at radius 3 is 2.84 bits per heavy atom. The predicted molar refractivity (Wildman–Crippen MR) is 73.3 cm³/mol. The van der Waals surface area contributed by atoms with Crippen LogP contribution in [0.2, 0.25) is 0 Å². The average Bonchev–Trinajstić information content (AvgIpc) is 2.91. The van der Waals surface area contributed by atoms with Gasteiger partial charge in [0.25, 0.3) is 5.91 Å². The van der Waals surface area contributed by atoms with E-state index < -0.39 is 9.84 Å². The Bertz CT molecular complexity index is 628. The highest BCUT2D eigenvalue weighted by Gasteiger charge is 2.35. The van der Waals surface area contributed by atoms with Crippen molar-refractivity contribution in [3.05, 3.63) is 22.6 Å². The number of sulfone groups is 1. The first-order valence-corrected chi connectivity index (χ1v) is 8.24. The second kappa shape index (κ2) is 5.39. The van der Waals surface area contributed by atoms with Crippen molar-refractivity contribution in [2.24, 2.45) is 0 Å². The quantitative estimate of drug-likeness (QED) is 0.774. The van der Waals surface area contributed by atoms with Crippen molar-refractivity contribution in [2.75, 3.05) is 18.1 Å². The monoisotopic (exact) mass is 345 g/mol. The van der Waals surface area contributed by atoms with Crippen LogP contribution >= 0.6 is 15.9 Å². The van der Waals surface area contributed by atoms with Crippen molar-refractivity contribution in [1.29, 1.82) is 0 Å². The van der Waals surface area contributed by atoms with Crippen LogP contribution in [0.3, 0.4) is 0 Å². The highest BCUT2D eigenvalue weighted by Crippen LogP contribution is 2.24. The lowest BCUT2D eigenvalue weighted by Crippen LogP contribution is -2.41. The molecule has 0 spiro atoms. The summed E-state index contributed by atoms with van der Waals surface area (Å²) in [4.78, 5) is 13.8. The van der Waals surface area contributed by atoms with Crippen LogP contribution < -0.4 is 0 Å². The summed E-state index contributed by atoms with van der Waals surface area (Å²) in [6.45, 7) is 0.0800. The Kier molecular flexibility index (Phi) is 4.02. The Labute approximate surface area is 120 Å². The summed E-state index contributed by atoms with van der Waals surface area (Å²) < 4.78 is 28.4. The molecular formula is C12H12BrNO4S. The lowest BCUT2D eigenvalue weighted by molar-refractivity contribution is 0.0722. The highest BCUT2D eigenvalue weighted by molar-refractivity contribution is 9.10. The van der Waals surface area contributed by atoms with Crippen molar-refractivity contribution in [3.63, 3.8) is 0 Å². The normalized spacial score (nSPS) is 20.9. The molecule has 1 atom stereocenters. The SMILES string of the molecule is C#CCN(C(=O)c1ccoc1Br)[C@@H]1CCS(=O)(=O)C1. The Balaban J connectivity index is 2.24. The van der Waals surface area contributed by atoms with Crippen LogP contribution in [0, 0.1) is 12.3 Å². The number of rotatable bonds is 3. The second-order valence-electron chi connectivity index (χ2n) is 4.30. The molecule has 1 aromatic rings. The van der Waals surface area contributed by atoms with Gasteiger partial charge in [0, 0.05) is 6.04 Å². The molecule has 2 heterocycles. The van der Waals surface area contributed by atoms with E-state index in [9.17, 15) is 13.2 Å². The summed E-state index contributed by atoms with van der Waals surface area (Å²) in [6, 6.07) is 1.16. The number of carbonyl (C=O) groups is 1. The Morgan fingerprint density at radius 1 is 1.63 bits per heavy atom. The van der Waals surface area contributed by atoms with E-state index in [1.807, 2.05) is 0 Å². The van der Waals surface area contributed by atoms with Gasteiger partial charge in [-0.05, 0) is 28.4 Å². The maximum Gasteiger partial charge on any atom is 0.259 e. The molecule has 1 saturated heterocycles. The van der Waals surface area contributed by atoms with Gasteiger partial charge in [0.05, 0.1) is 29.9 Å². The number of nitrogens with zero attached hydrogens (tertiary/aromatic N) is 1. The minimum Gasteiger partial charge on any atom is -0.457 e. The first-order chi connectivity index (χ1) is 8.94. The lowest BCUT2D eigenvalue weighted by Gasteiger charge is -2.25. The third-order valence-corrected chi connectivity index (χ3v) is 5.38. The van der Waals surface area contributed by atoms with E-state index in [4.69, 9.17) is 10.8 Å². The molecule has 1 fully saturated rings. The van der Waals surface area contributed by atoms with Gasteiger partial charge in [-0.1, -0.05) is 5.92 Å². The van der Waals surface area contributed by atoms with E-state index in [1.165, 1.54) is 17.2 Å². The van der Waals surface area contributed by atoms with Gasteiger partial charge in [0.2, 0.25) is 0 Å². The first-order valence-electron chi connectivity index (χ1n) is 5.62. The fourth-order valence-corrected chi connectivity index (χ4v) is 4.23. The number of hydrogen-bond donors (Lipinski definition) is 0. The van der Waals surface area contributed by atoms with E-state index in [0.29, 0.717) is 16.7 Å². The molecule has 7 heteroatoms. The van der Waals surface area contributed by atoms with E-state index >= 15 is 0 Å². The second-order valence-corrected chi connectivity index (χ2v) is 7.25. The van der Waals surface area contributed by atoms with Crippen LogP contribution in [0.1, 0.15) is 16.8 Å². The maximum absolute atomic E-state index is 12.4. The lowest BCUT2D eigenvalue weighted by atomic mass is 10.2. The molecule has 1 aromatic heterocycles. The molecule has 0 unspecified atom stereocenters. The predicted octanol–water partition coefficient (Wildman–Crippen LogP) is 1.30. The highest BCUT2D eigenvalue weighted by atomic mass is 79.9. The van der Waals surface area contributed by atoms with Gasteiger partial charge in [0.15, 0.2) is 14.5 Å². The van der Waals surface area contributed by atoms with Gasteiger partial charge >= 0.3 is 0 Å². The smallest absolute Gasteiger partial charge is 0.259 e. The van der Waals surface area contributed by atoms with E-state index in [2.05, 4.69) is 21.9 Å². The maximum atomic E-state index is 12.4. The summed E-state index contributed by atoms with van der Waals surface area (Å²) in [5, 5.41) is 0. The molecule has 0 aliphatic carbocycles. The molecule has 19 heavy (non-hydrogen) atoms.